The number of nitrogens with zero attached hydrogens (tertiary/aromatic N) is 3. The molecule has 2 aliphatic heterocycles. The Morgan fingerprint density at radius 3 is 2.16 bits per heavy atom. The number of esters is 1. The lowest BCUT2D eigenvalue weighted by atomic mass is 9.73. The molecule has 7 nitrogen and oxygen atoms in total. The van der Waals surface area contributed by atoms with Crippen molar-refractivity contribution in [1.29, 1.82) is 0 Å². The quantitative estimate of drug-likeness (QED) is 0.169. The highest BCUT2D eigenvalue weighted by Gasteiger charge is 2.47. The Morgan fingerprint density at radius 2 is 1.51 bits per heavy atom. The molecule has 268 valence electrons. The van der Waals surface area contributed by atoms with Crippen LogP contribution in [0.1, 0.15) is 72.4 Å². The fraction of sp³-hybridized carbons (Fsp3) is 0.415. The van der Waals surface area contributed by atoms with Crippen molar-refractivity contribution in [3.63, 3.8) is 0 Å². The molecule has 3 atom stereocenters. The number of ether oxygens (including phenoxy) is 2. The molecular formula is C41H45F3N4O3. The van der Waals surface area contributed by atoms with E-state index in [4.69, 9.17) is 9.47 Å². The summed E-state index contributed by atoms with van der Waals surface area (Å²) in [6.07, 6.45) is 0.699. The number of halogens is 3. The van der Waals surface area contributed by atoms with Crippen LogP contribution >= 0.6 is 0 Å². The van der Waals surface area contributed by atoms with Gasteiger partial charge in [-0.25, -0.2) is 4.98 Å². The molecule has 2 fully saturated rings. The van der Waals surface area contributed by atoms with E-state index >= 15 is 0 Å². The summed E-state index contributed by atoms with van der Waals surface area (Å²) in [7, 11) is 0. The molecule has 1 saturated heterocycles. The molecule has 1 N–H and O–H groups in total. The summed E-state index contributed by atoms with van der Waals surface area (Å²) in [4.78, 5) is 23.4. The lowest BCUT2D eigenvalue weighted by Gasteiger charge is -2.40. The first-order valence-electron chi connectivity index (χ1n) is 18.1. The zero-order valence-corrected chi connectivity index (χ0v) is 28.9. The number of nitrogens with one attached hydrogen (secondary N) is 1. The lowest BCUT2D eigenvalue weighted by Crippen LogP contribution is -2.49. The zero-order valence-electron chi connectivity index (χ0n) is 28.9. The fourth-order valence-electron chi connectivity index (χ4n) is 8.16. The molecule has 0 amide bonds. The van der Waals surface area contributed by atoms with Gasteiger partial charge in [-0.3, -0.25) is 14.6 Å². The van der Waals surface area contributed by atoms with E-state index in [0.717, 1.165) is 57.9 Å². The summed E-state index contributed by atoms with van der Waals surface area (Å²) in [6, 6.07) is 27.9. The normalized spacial score (nSPS) is 21.6. The first-order valence-corrected chi connectivity index (χ1v) is 18.1. The molecule has 3 aromatic carbocycles. The summed E-state index contributed by atoms with van der Waals surface area (Å²) in [5, 5.41) is 3.38. The van der Waals surface area contributed by atoms with Crippen molar-refractivity contribution in [2.24, 2.45) is 5.92 Å². The van der Waals surface area contributed by atoms with Crippen molar-refractivity contribution >= 4 is 11.7 Å². The monoisotopic (exact) mass is 698 g/mol. The number of alkyl halides is 3. The van der Waals surface area contributed by atoms with Gasteiger partial charge in [-0.2, -0.15) is 13.2 Å². The number of hydrogen-bond donors (Lipinski definition) is 1. The second kappa shape index (κ2) is 15.5. The lowest BCUT2D eigenvalue weighted by molar-refractivity contribution is -0.151. The minimum Gasteiger partial charge on any atom is -0.474 e. The molecule has 0 spiro atoms. The van der Waals surface area contributed by atoms with Gasteiger partial charge in [-0.15, -0.1) is 0 Å². The second-order valence-corrected chi connectivity index (χ2v) is 13.9. The maximum Gasteiger partial charge on any atom is 0.416 e. The minimum atomic E-state index is -4.61. The van der Waals surface area contributed by atoms with E-state index in [1.165, 1.54) is 23.3 Å². The number of fused-ring (bicyclic) bond motifs is 1. The first kappa shape index (κ1) is 35.0. The van der Waals surface area contributed by atoms with Crippen molar-refractivity contribution in [3.05, 3.63) is 125 Å². The molecular weight excluding hydrogens is 653 g/mol. The summed E-state index contributed by atoms with van der Waals surface area (Å²) >= 11 is 0. The Morgan fingerprint density at radius 1 is 0.882 bits per heavy atom. The molecule has 10 heteroatoms. The maximum absolute atomic E-state index is 14.5. The van der Waals surface area contributed by atoms with Gasteiger partial charge in [0, 0.05) is 62.1 Å². The van der Waals surface area contributed by atoms with Crippen LogP contribution in [0.3, 0.4) is 0 Å². The average molecular weight is 699 g/mol. The third-order valence-electron chi connectivity index (χ3n) is 10.7. The number of carbonyl (C=O) groups is 1. The molecule has 4 aromatic rings. The van der Waals surface area contributed by atoms with Gasteiger partial charge in [0.15, 0.2) is 0 Å². The third-order valence-corrected chi connectivity index (χ3v) is 10.7. The molecule has 2 unspecified atom stereocenters. The van der Waals surface area contributed by atoms with E-state index < -0.39 is 35.6 Å². The Hall–Kier alpha value is -4.41. The van der Waals surface area contributed by atoms with E-state index in [1.807, 2.05) is 19.1 Å². The van der Waals surface area contributed by atoms with Gasteiger partial charge < -0.3 is 14.8 Å². The van der Waals surface area contributed by atoms with Gasteiger partial charge in [0.2, 0.25) is 5.88 Å². The van der Waals surface area contributed by atoms with Gasteiger partial charge in [0.1, 0.15) is 12.7 Å². The number of rotatable bonds is 10. The topological polar surface area (TPSA) is 66.9 Å². The summed E-state index contributed by atoms with van der Waals surface area (Å²) < 4.78 is 55.9. The smallest absolute Gasteiger partial charge is 0.416 e. The van der Waals surface area contributed by atoms with Gasteiger partial charge in [0.05, 0.1) is 17.5 Å². The van der Waals surface area contributed by atoms with Crippen molar-refractivity contribution < 1.29 is 27.4 Å². The van der Waals surface area contributed by atoms with Crippen molar-refractivity contribution in [2.45, 2.75) is 62.9 Å². The number of aromatic nitrogens is 1. The Bertz CT molecular complexity index is 1720. The van der Waals surface area contributed by atoms with Crippen LogP contribution in [-0.4, -0.2) is 72.2 Å². The van der Waals surface area contributed by atoms with Crippen LogP contribution in [0, 0.1) is 5.92 Å². The van der Waals surface area contributed by atoms with Crippen LogP contribution in [-0.2, 0) is 15.7 Å². The van der Waals surface area contributed by atoms with Crippen molar-refractivity contribution in [2.75, 3.05) is 44.6 Å². The second-order valence-electron chi connectivity index (χ2n) is 13.9. The highest BCUT2D eigenvalue weighted by atomic mass is 19.4. The van der Waals surface area contributed by atoms with Crippen LogP contribution in [0.25, 0.3) is 0 Å². The number of piperazine rings is 1. The number of pyridine rings is 1. The van der Waals surface area contributed by atoms with E-state index in [9.17, 15) is 18.0 Å². The molecule has 3 aliphatic rings. The molecule has 3 heterocycles. The van der Waals surface area contributed by atoms with Crippen molar-refractivity contribution in [3.8, 4) is 5.88 Å². The summed E-state index contributed by atoms with van der Waals surface area (Å²) in [6.45, 7) is 5.79. The van der Waals surface area contributed by atoms with Crippen LogP contribution < -0.4 is 10.1 Å². The van der Waals surface area contributed by atoms with E-state index in [2.05, 4.69) is 68.6 Å². The SMILES string of the molecule is CC1Nc2ccnc(OC3CCCC3)c2[C@@H](c2ccccc2C(F)(F)F)C1C(=O)OCCN1CCN(C(c2ccccc2)c2ccccc2)CC1. The number of carbonyl (C=O) groups excluding carboxylic acids is 1. The minimum absolute atomic E-state index is 0.0216. The molecule has 0 bridgehead atoms. The third kappa shape index (κ3) is 7.77. The molecule has 51 heavy (non-hydrogen) atoms. The van der Waals surface area contributed by atoms with Gasteiger partial charge in [-0.05, 0) is 61.4 Å². The van der Waals surface area contributed by atoms with E-state index in [1.54, 1.807) is 18.3 Å². The number of anilines is 1. The molecule has 0 radical (unpaired) electrons. The van der Waals surface area contributed by atoms with E-state index in [-0.39, 0.29) is 30.2 Å². The summed E-state index contributed by atoms with van der Waals surface area (Å²) in [5.41, 5.74) is 2.84. The van der Waals surface area contributed by atoms with Crippen LogP contribution in [0.2, 0.25) is 0 Å². The standard InChI is InChI=1S/C41H45F3N4O3/c1-28-35(40(49)50-27-26-47-22-24-48(25-23-47)38(29-12-4-2-5-13-29)30-14-6-3-7-15-30)36(32-18-10-11-19-33(32)41(42,43)44)37-34(46-28)20-21-45-39(37)51-31-16-8-9-17-31/h2-7,10-15,18-21,28,31,35-36,38,46H,8-9,16-17,22-27H2,1H3/t28?,35?,36-/m0/s1. The van der Waals surface area contributed by atoms with Crippen LogP contribution in [0.15, 0.2) is 97.2 Å². The molecule has 7 rings (SSSR count). The average Bonchev–Trinajstić information content (AvgIpc) is 3.65. The number of benzene rings is 3. The van der Waals surface area contributed by atoms with Crippen molar-refractivity contribution in [1.82, 2.24) is 14.8 Å². The highest BCUT2D eigenvalue weighted by molar-refractivity contribution is 5.80. The maximum atomic E-state index is 14.5. The largest absolute Gasteiger partial charge is 0.474 e. The van der Waals surface area contributed by atoms with Gasteiger partial charge >= 0.3 is 12.1 Å². The van der Waals surface area contributed by atoms with Crippen LogP contribution in [0.5, 0.6) is 5.88 Å². The fourth-order valence-corrected chi connectivity index (χ4v) is 8.16. The van der Waals surface area contributed by atoms with Gasteiger partial charge in [0.25, 0.3) is 0 Å². The first-order chi connectivity index (χ1) is 24.8. The predicted molar refractivity (Wildman–Crippen MR) is 191 cm³/mol. The molecule has 1 saturated carbocycles. The van der Waals surface area contributed by atoms with Crippen LogP contribution in [0.4, 0.5) is 18.9 Å². The summed E-state index contributed by atoms with van der Waals surface area (Å²) in [5.74, 6) is -2.17. The van der Waals surface area contributed by atoms with Gasteiger partial charge in [-0.1, -0.05) is 78.9 Å². The molecule has 1 aromatic heterocycles. The van der Waals surface area contributed by atoms with E-state index in [0.29, 0.717) is 17.8 Å². The Kier molecular flexibility index (Phi) is 10.6. The highest BCUT2D eigenvalue weighted by Crippen LogP contribution is 2.50. The predicted octanol–water partition coefficient (Wildman–Crippen LogP) is 7.93. The number of hydrogen-bond acceptors (Lipinski definition) is 7. The Labute approximate surface area is 297 Å². The zero-order chi connectivity index (χ0) is 35.4. The molecule has 1 aliphatic carbocycles. The Balaban J connectivity index is 1.07.